The van der Waals surface area contributed by atoms with Crippen LogP contribution in [0.15, 0.2) is 30.0 Å². The van der Waals surface area contributed by atoms with E-state index in [1.165, 1.54) is 0 Å². The topological polar surface area (TPSA) is 0 Å². The van der Waals surface area contributed by atoms with Gasteiger partial charge in [-0.15, -0.1) is 0 Å². The Bertz CT molecular complexity index is 122. The first-order valence-electron chi connectivity index (χ1n) is 2.17. The number of allylic oxidation sites excluding steroid dienone is 2. The largest absolute Gasteiger partial charge is 0.367 e. The quantitative estimate of drug-likeness (QED) is 0.313. The molecule has 0 radical (unpaired) electrons. The van der Waals surface area contributed by atoms with Crippen LogP contribution in [0.5, 0.6) is 0 Å². The molecule has 0 aromatic carbocycles. The van der Waals surface area contributed by atoms with Crippen LogP contribution in [0.25, 0.3) is 0 Å². The lowest BCUT2D eigenvalue weighted by molar-refractivity contribution is 1.48. The molecule has 0 saturated carbocycles. The highest BCUT2D eigenvalue weighted by Gasteiger charge is 1.68. The highest BCUT2D eigenvalue weighted by atomic mass is 13.9. The third-order valence-electron chi connectivity index (χ3n) is 0.787. The van der Waals surface area contributed by atoms with E-state index in [1.807, 2.05) is 25.0 Å². The van der Waals surface area contributed by atoms with Crippen molar-refractivity contribution in [2.45, 2.75) is 0 Å². The molecule has 0 N–H and O–H groups in total. The van der Waals surface area contributed by atoms with Crippen LogP contribution in [0.4, 0.5) is 0 Å². The summed E-state index contributed by atoms with van der Waals surface area (Å²) in [6.07, 6.45) is 7.53. The van der Waals surface area contributed by atoms with Crippen molar-refractivity contribution in [1.29, 1.82) is 0 Å². The molecule has 0 nitrogen and oxygen atoms in total. The highest BCUT2D eigenvalue weighted by molar-refractivity contribution is 5.33. The summed E-state index contributed by atoms with van der Waals surface area (Å²) >= 11 is 0. The molecule has 0 saturated heterocycles. The second-order valence-corrected chi connectivity index (χ2v) is 1.41. The smallest absolute Gasteiger partial charge is 0.204 e. The molecule has 0 unspecified atom stereocenters. The van der Waals surface area contributed by atoms with E-state index in [9.17, 15) is 0 Å². The Morgan fingerprint density at radius 3 is 2.29 bits per heavy atom. The molecule has 0 heterocycles. The van der Waals surface area contributed by atoms with Gasteiger partial charge in [0.05, 0.1) is 0 Å². The summed E-state index contributed by atoms with van der Waals surface area (Å²) in [5.41, 5.74) is 3.93. The van der Waals surface area contributed by atoms with Gasteiger partial charge >= 0.3 is 0 Å². The van der Waals surface area contributed by atoms with Gasteiger partial charge in [0.1, 0.15) is 0 Å². The number of hydrogen-bond acceptors (Lipinski definition) is 0. The van der Waals surface area contributed by atoms with Crippen LogP contribution in [0, 0.1) is 12.8 Å². The summed E-state index contributed by atoms with van der Waals surface area (Å²) in [6, 6.07) is 0. The maximum Gasteiger partial charge on any atom is -0.204 e. The lowest BCUT2D eigenvalue weighted by atomic mass is 10.1. The minimum absolute atomic E-state index is 1.04. The van der Waals surface area contributed by atoms with Gasteiger partial charge in [-0.1, -0.05) is 0 Å². The Kier molecular flexibility index (Phi) is 0.972. The fourth-order valence-electron chi connectivity index (χ4n) is 0.421. The predicted octanol–water partition coefficient (Wildman–Crippen LogP) is 1.68. The number of rotatable bonds is 0. The van der Waals surface area contributed by atoms with E-state index in [0.717, 1.165) is 5.57 Å². The lowest BCUT2D eigenvalue weighted by Gasteiger charge is -2.17. The van der Waals surface area contributed by atoms with Crippen LogP contribution in [-0.2, 0) is 0 Å². The molecular formula is C7H6-2. The third kappa shape index (κ3) is 0.918. The Hall–Kier alpha value is -1.00. The van der Waals surface area contributed by atoms with Gasteiger partial charge in [0.2, 0.25) is 0 Å². The van der Waals surface area contributed by atoms with Crippen molar-refractivity contribution in [2.24, 2.45) is 0 Å². The molecule has 0 heteroatoms. The standard InChI is InChI=1S/C7H6/c1-7-5-3-2-4-6-7/h3-6H,1H2/q-2. The maximum atomic E-state index is 3.70. The second kappa shape index (κ2) is 1.63. The second-order valence-electron chi connectivity index (χ2n) is 1.41. The fourth-order valence-corrected chi connectivity index (χ4v) is 0.421. The molecule has 1 rings (SSSR count). The van der Waals surface area contributed by atoms with Gasteiger partial charge in [-0.2, -0.15) is 0 Å². The zero-order chi connectivity index (χ0) is 5.11. The van der Waals surface area contributed by atoms with Gasteiger partial charge in [0.15, 0.2) is 0 Å². The van der Waals surface area contributed by atoms with E-state index in [1.54, 1.807) is 0 Å². The Labute approximate surface area is 43.9 Å². The van der Waals surface area contributed by atoms with Crippen LogP contribution < -0.4 is 0 Å². The lowest BCUT2D eigenvalue weighted by Crippen LogP contribution is -1.79. The number of hydrogen-bond donors (Lipinski definition) is 0. The molecule has 0 atom stereocenters. The predicted molar refractivity (Wildman–Crippen MR) is 30.4 cm³/mol. The zero-order valence-corrected chi connectivity index (χ0v) is 4.02. The van der Waals surface area contributed by atoms with Crippen molar-refractivity contribution in [2.75, 3.05) is 0 Å². The van der Waals surface area contributed by atoms with Crippen molar-refractivity contribution in [1.82, 2.24) is 0 Å². The van der Waals surface area contributed by atoms with Gasteiger partial charge < -0.3 is 5.73 Å². The van der Waals surface area contributed by atoms with Crippen molar-refractivity contribution in [3.05, 3.63) is 42.9 Å². The first-order chi connectivity index (χ1) is 3.39. The van der Waals surface area contributed by atoms with Crippen LogP contribution in [-0.4, -0.2) is 0 Å². The van der Waals surface area contributed by atoms with Crippen molar-refractivity contribution in [3.8, 4) is 0 Å². The average molecular weight is 90.1 g/mol. The SMILES string of the molecule is C=C1[CH-]C=C=C[CH-]1. The highest BCUT2D eigenvalue weighted by Crippen LogP contribution is 2.05. The average Bonchev–Trinajstić information content (AvgIpc) is 1.69. The zero-order valence-electron chi connectivity index (χ0n) is 4.02. The van der Waals surface area contributed by atoms with Crippen LogP contribution in [0.1, 0.15) is 0 Å². The molecule has 0 amide bonds. The molecular weight excluding hydrogens is 84.1 g/mol. The van der Waals surface area contributed by atoms with Crippen LogP contribution in [0.3, 0.4) is 0 Å². The van der Waals surface area contributed by atoms with Crippen molar-refractivity contribution in [3.63, 3.8) is 0 Å². The maximum absolute atomic E-state index is 3.70. The van der Waals surface area contributed by atoms with Gasteiger partial charge in [0.25, 0.3) is 0 Å². The Morgan fingerprint density at radius 1 is 1.43 bits per heavy atom. The molecule has 0 aromatic rings. The van der Waals surface area contributed by atoms with E-state index < -0.39 is 0 Å². The summed E-state index contributed by atoms with van der Waals surface area (Å²) in [5.74, 6) is 0. The van der Waals surface area contributed by atoms with E-state index in [-0.39, 0.29) is 0 Å². The summed E-state index contributed by atoms with van der Waals surface area (Å²) in [6.45, 7) is 3.70. The Morgan fingerprint density at radius 2 is 2.00 bits per heavy atom. The fraction of sp³-hybridized carbons (Fsp3) is 0. The summed E-state index contributed by atoms with van der Waals surface area (Å²) in [4.78, 5) is 0. The molecule has 0 bridgehead atoms. The molecule has 0 spiro atoms. The molecule has 0 aromatic heterocycles. The Balaban J connectivity index is 2.66. The first-order valence-corrected chi connectivity index (χ1v) is 2.17. The first kappa shape index (κ1) is 4.17. The molecule has 1 aliphatic carbocycles. The van der Waals surface area contributed by atoms with E-state index in [2.05, 4.69) is 12.3 Å². The van der Waals surface area contributed by atoms with E-state index in [4.69, 9.17) is 0 Å². The van der Waals surface area contributed by atoms with Gasteiger partial charge in [-0.3, -0.25) is 12.2 Å². The van der Waals surface area contributed by atoms with Crippen LogP contribution >= 0.6 is 0 Å². The van der Waals surface area contributed by atoms with Gasteiger partial charge in [-0.05, 0) is 0 Å². The van der Waals surface area contributed by atoms with E-state index in [0.29, 0.717) is 0 Å². The van der Waals surface area contributed by atoms with Crippen molar-refractivity contribution < 1.29 is 0 Å². The molecule has 7 heavy (non-hydrogen) atoms. The van der Waals surface area contributed by atoms with Gasteiger partial charge in [-0.25, -0.2) is 25.0 Å². The van der Waals surface area contributed by atoms with Crippen LogP contribution in [0.2, 0.25) is 0 Å². The normalized spacial score (nSPS) is 15.7. The van der Waals surface area contributed by atoms with Gasteiger partial charge in [0, 0.05) is 0 Å². The molecule has 36 valence electrons. The molecule has 0 fully saturated rings. The summed E-state index contributed by atoms with van der Waals surface area (Å²) < 4.78 is 0. The minimum atomic E-state index is 1.04. The minimum Gasteiger partial charge on any atom is -0.367 e. The third-order valence-corrected chi connectivity index (χ3v) is 0.787. The molecule has 0 aliphatic heterocycles. The summed E-state index contributed by atoms with van der Waals surface area (Å²) in [7, 11) is 0. The van der Waals surface area contributed by atoms with Crippen molar-refractivity contribution >= 4 is 0 Å². The molecule has 1 aliphatic rings. The summed E-state index contributed by atoms with van der Waals surface area (Å²) in [5, 5.41) is 0. The monoisotopic (exact) mass is 90.0 g/mol. The van der Waals surface area contributed by atoms with E-state index >= 15 is 0 Å².